The molecule has 2 aromatic rings. The van der Waals surface area contributed by atoms with Crippen LogP contribution in [0, 0.1) is 0 Å². The van der Waals surface area contributed by atoms with Crippen LogP contribution in [-0.4, -0.2) is 41.6 Å². The first-order chi connectivity index (χ1) is 13.1. The zero-order valence-corrected chi connectivity index (χ0v) is 15.5. The summed E-state index contributed by atoms with van der Waals surface area (Å²) in [6.07, 6.45) is 3.50. The van der Waals surface area contributed by atoms with Crippen molar-refractivity contribution in [2.24, 2.45) is 0 Å². The summed E-state index contributed by atoms with van der Waals surface area (Å²) in [4.78, 5) is 30.6. The van der Waals surface area contributed by atoms with Crippen LogP contribution in [0.4, 0.5) is 10.5 Å². The molecule has 0 atom stereocenters. The van der Waals surface area contributed by atoms with E-state index in [-0.39, 0.29) is 12.0 Å². The highest BCUT2D eigenvalue weighted by Gasteiger charge is 2.25. The van der Waals surface area contributed by atoms with Gasteiger partial charge in [-0.15, -0.1) is 0 Å². The molecule has 0 fully saturated rings. The van der Waals surface area contributed by atoms with Crippen molar-refractivity contribution >= 4 is 17.7 Å². The lowest BCUT2D eigenvalue weighted by atomic mass is 9.97. The van der Waals surface area contributed by atoms with Crippen molar-refractivity contribution in [3.05, 3.63) is 53.3 Å². The summed E-state index contributed by atoms with van der Waals surface area (Å²) in [6, 6.07) is 7.31. The zero-order chi connectivity index (χ0) is 19.2. The van der Waals surface area contributed by atoms with Crippen LogP contribution in [0.1, 0.15) is 35.3 Å². The summed E-state index contributed by atoms with van der Waals surface area (Å²) in [5, 5.41) is 2.91. The lowest BCUT2D eigenvalue weighted by Gasteiger charge is -2.28. The Kier molecular flexibility index (Phi) is 5.90. The molecule has 27 heavy (non-hydrogen) atoms. The van der Waals surface area contributed by atoms with E-state index in [9.17, 15) is 9.59 Å². The second-order valence-electron chi connectivity index (χ2n) is 6.08. The molecular weight excluding hydrogens is 346 g/mol. The number of para-hydroxylation sites is 2. The highest BCUT2D eigenvalue weighted by atomic mass is 16.6. The maximum atomic E-state index is 12.8. The van der Waals surface area contributed by atoms with Gasteiger partial charge in [0.05, 0.1) is 31.0 Å². The summed E-state index contributed by atoms with van der Waals surface area (Å²) >= 11 is 0. The van der Waals surface area contributed by atoms with Crippen LogP contribution in [0.3, 0.4) is 0 Å². The van der Waals surface area contributed by atoms with Crippen LogP contribution >= 0.6 is 0 Å². The minimum absolute atomic E-state index is 0.240. The predicted molar refractivity (Wildman–Crippen MR) is 101 cm³/mol. The van der Waals surface area contributed by atoms with E-state index in [1.807, 2.05) is 25.1 Å². The summed E-state index contributed by atoms with van der Waals surface area (Å²) in [5.41, 5.74) is 2.91. The van der Waals surface area contributed by atoms with E-state index in [2.05, 4.69) is 10.3 Å². The molecule has 0 saturated carbocycles. The molecule has 0 spiro atoms. The van der Waals surface area contributed by atoms with Crippen LogP contribution in [0.25, 0.3) is 0 Å². The number of hydrogen-bond donors (Lipinski definition) is 1. The van der Waals surface area contributed by atoms with Crippen molar-refractivity contribution in [3.8, 4) is 5.75 Å². The molecule has 1 aliphatic heterocycles. The van der Waals surface area contributed by atoms with Gasteiger partial charge in [0.15, 0.2) is 0 Å². The van der Waals surface area contributed by atoms with Gasteiger partial charge in [0.1, 0.15) is 5.75 Å². The molecule has 1 aliphatic rings. The lowest BCUT2D eigenvalue weighted by molar-refractivity contribution is 0.101. The van der Waals surface area contributed by atoms with Crippen LogP contribution in [0.15, 0.2) is 36.7 Å². The minimum Gasteiger partial charge on any atom is -0.492 e. The van der Waals surface area contributed by atoms with Crippen molar-refractivity contribution in [1.82, 2.24) is 9.88 Å². The number of nitrogens with zero attached hydrogens (tertiary/aromatic N) is 2. The predicted octanol–water partition coefficient (Wildman–Crippen LogP) is 3.25. The quantitative estimate of drug-likeness (QED) is 0.875. The van der Waals surface area contributed by atoms with Gasteiger partial charge in [0.25, 0.3) is 5.91 Å². The molecule has 0 saturated heterocycles. The lowest BCUT2D eigenvalue weighted by Crippen LogP contribution is -2.37. The molecule has 7 heteroatoms. The van der Waals surface area contributed by atoms with Gasteiger partial charge < -0.3 is 19.7 Å². The molecule has 142 valence electrons. The number of aromatic nitrogens is 1. The van der Waals surface area contributed by atoms with E-state index in [1.54, 1.807) is 30.3 Å². The third-order valence-corrected chi connectivity index (χ3v) is 4.35. The number of ether oxygens (including phenoxy) is 2. The number of carbonyl (C=O) groups is 2. The second kappa shape index (κ2) is 8.53. The zero-order valence-electron chi connectivity index (χ0n) is 15.5. The first-order valence-electron chi connectivity index (χ1n) is 9.04. The normalized spacial score (nSPS) is 12.9. The van der Waals surface area contributed by atoms with Gasteiger partial charge in [-0.25, -0.2) is 4.79 Å². The van der Waals surface area contributed by atoms with Crippen molar-refractivity contribution < 1.29 is 19.1 Å². The summed E-state index contributed by atoms with van der Waals surface area (Å²) in [6.45, 7) is 5.41. The van der Waals surface area contributed by atoms with E-state index in [0.29, 0.717) is 49.7 Å². The SMILES string of the molecule is CCOC(=O)N1CCc2c(cncc2C(=O)Nc2ccccc2OCC)C1. The third-order valence-electron chi connectivity index (χ3n) is 4.35. The molecule has 7 nitrogen and oxygen atoms in total. The summed E-state index contributed by atoms with van der Waals surface area (Å²) < 4.78 is 10.6. The number of benzene rings is 1. The van der Waals surface area contributed by atoms with Gasteiger partial charge in [0.2, 0.25) is 0 Å². The van der Waals surface area contributed by atoms with Gasteiger partial charge in [-0.05, 0) is 43.5 Å². The van der Waals surface area contributed by atoms with E-state index < -0.39 is 0 Å². The molecule has 1 aromatic heterocycles. The van der Waals surface area contributed by atoms with Crippen molar-refractivity contribution in [1.29, 1.82) is 0 Å². The molecule has 0 radical (unpaired) electrons. The Labute approximate surface area is 158 Å². The Hall–Kier alpha value is -3.09. The fourth-order valence-electron chi connectivity index (χ4n) is 3.10. The molecular formula is C20H23N3O4. The molecule has 2 heterocycles. The highest BCUT2D eigenvalue weighted by Crippen LogP contribution is 2.26. The van der Waals surface area contributed by atoms with Crippen molar-refractivity contribution in [2.75, 3.05) is 25.1 Å². The van der Waals surface area contributed by atoms with Crippen LogP contribution in [0.2, 0.25) is 0 Å². The van der Waals surface area contributed by atoms with E-state index in [1.165, 1.54) is 0 Å². The third kappa shape index (κ3) is 4.19. The molecule has 1 aromatic carbocycles. The van der Waals surface area contributed by atoms with Crippen LogP contribution < -0.4 is 10.1 Å². The van der Waals surface area contributed by atoms with E-state index >= 15 is 0 Å². The smallest absolute Gasteiger partial charge is 0.410 e. The Morgan fingerprint density at radius 3 is 2.78 bits per heavy atom. The number of nitrogens with one attached hydrogen (secondary N) is 1. The van der Waals surface area contributed by atoms with Gasteiger partial charge >= 0.3 is 6.09 Å². The largest absolute Gasteiger partial charge is 0.492 e. The first-order valence-corrected chi connectivity index (χ1v) is 9.04. The Balaban J connectivity index is 1.80. The molecule has 0 unspecified atom stereocenters. The highest BCUT2D eigenvalue weighted by molar-refractivity contribution is 6.06. The summed E-state index contributed by atoms with van der Waals surface area (Å²) in [5.74, 6) is 0.385. The monoisotopic (exact) mass is 369 g/mol. The summed E-state index contributed by atoms with van der Waals surface area (Å²) in [7, 11) is 0. The number of hydrogen-bond acceptors (Lipinski definition) is 5. The van der Waals surface area contributed by atoms with Crippen LogP contribution in [0.5, 0.6) is 5.75 Å². The average Bonchev–Trinajstić information content (AvgIpc) is 2.69. The van der Waals surface area contributed by atoms with Crippen molar-refractivity contribution in [2.45, 2.75) is 26.8 Å². The van der Waals surface area contributed by atoms with Gasteiger partial charge in [-0.3, -0.25) is 9.78 Å². The van der Waals surface area contributed by atoms with Crippen LogP contribution in [-0.2, 0) is 17.7 Å². The molecule has 3 rings (SSSR count). The first kappa shape index (κ1) is 18.7. The van der Waals surface area contributed by atoms with Gasteiger partial charge in [-0.1, -0.05) is 12.1 Å². The number of fused-ring (bicyclic) bond motifs is 1. The second-order valence-corrected chi connectivity index (χ2v) is 6.08. The maximum Gasteiger partial charge on any atom is 0.410 e. The standard InChI is InChI=1S/C20H23N3O4/c1-3-26-18-8-6-5-7-17(18)22-19(24)16-12-21-11-14-13-23(10-9-15(14)16)20(25)27-4-2/h5-8,11-12H,3-4,9-10,13H2,1-2H3,(H,22,24). The van der Waals surface area contributed by atoms with E-state index in [4.69, 9.17) is 9.47 Å². The van der Waals surface area contributed by atoms with Gasteiger partial charge in [0, 0.05) is 18.9 Å². The number of carbonyl (C=O) groups excluding carboxylic acids is 2. The van der Waals surface area contributed by atoms with E-state index in [0.717, 1.165) is 11.1 Å². The number of anilines is 1. The number of pyridine rings is 1. The van der Waals surface area contributed by atoms with Gasteiger partial charge in [-0.2, -0.15) is 0 Å². The Bertz CT molecular complexity index is 838. The Morgan fingerprint density at radius 1 is 1.19 bits per heavy atom. The minimum atomic E-state index is -0.344. The maximum absolute atomic E-state index is 12.8. The molecule has 2 amide bonds. The topological polar surface area (TPSA) is 80.8 Å². The van der Waals surface area contributed by atoms with Crippen molar-refractivity contribution in [3.63, 3.8) is 0 Å². The molecule has 0 bridgehead atoms. The molecule has 1 N–H and O–H groups in total. The average molecular weight is 369 g/mol. The molecule has 0 aliphatic carbocycles. The number of amides is 2. The fraction of sp³-hybridized carbons (Fsp3) is 0.350. The Morgan fingerprint density at radius 2 is 2.00 bits per heavy atom. The fourth-order valence-corrected chi connectivity index (χ4v) is 3.10. The number of rotatable bonds is 5.